The predicted molar refractivity (Wildman–Crippen MR) is 97.2 cm³/mol. The van der Waals surface area contributed by atoms with Crippen LogP contribution in [-0.2, 0) is 19.6 Å². The van der Waals surface area contributed by atoms with E-state index in [2.05, 4.69) is 15.5 Å². The zero-order valence-corrected chi connectivity index (χ0v) is 16.5. The SMILES string of the molecule is CN(CC(=O)Nc1nnc(SCC(=O)N2CCCCC2)s1)S(C)(=O)=O. The minimum atomic E-state index is -3.42. The third-order valence-corrected chi connectivity index (χ3v) is 6.83. The smallest absolute Gasteiger partial charge is 0.241 e. The fraction of sp³-hybridized carbons (Fsp3) is 0.692. The van der Waals surface area contributed by atoms with Crippen LogP contribution in [0.15, 0.2) is 4.34 Å². The molecule has 0 bridgehead atoms. The number of hydrogen-bond donors (Lipinski definition) is 1. The Labute approximate surface area is 155 Å². The lowest BCUT2D eigenvalue weighted by molar-refractivity contribution is -0.129. The number of thioether (sulfide) groups is 1. The molecule has 1 saturated heterocycles. The fourth-order valence-corrected chi connectivity index (χ4v) is 4.18. The van der Waals surface area contributed by atoms with Gasteiger partial charge in [-0.15, -0.1) is 10.2 Å². The van der Waals surface area contributed by atoms with Crippen molar-refractivity contribution in [3.05, 3.63) is 0 Å². The maximum atomic E-state index is 12.1. The number of carbonyl (C=O) groups excluding carboxylic acids is 2. The number of carbonyl (C=O) groups is 2. The van der Waals surface area contributed by atoms with Gasteiger partial charge in [-0.2, -0.15) is 4.31 Å². The van der Waals surface area contributed by atoms with Gasteiger partial charge in [-0.25, -0.2) is 8.42 Å². The Balaban J connectivity index is 1.79. The molecule has 2 rings (SSSR count). The number of anilines is 1. The van der Waals surface area contributed by atoms with Crippen molar-refractivity contribution >= 4 is 50.1 Å². The lowest BCUT2D eigenvalue weighted by Crippen LogP contribution is -2.36. The molecular weight excluding hydrogens is 386 g/mol. The van der Waals surface area contributed by atoms with Crippen molar-refractivity contribution in [1.29, 1.82) is 0 Å². The zero-order valence-electron chi connectivity index (χ0n) is 14.1. The van der Waals surface area contributed by atoms with Gasteiger partial charge in [0.2, 0.25) is 27.0 Å². The summed E-state index contributed by atoms with van der Waals surface area (Å²) in [5, 5.41) is 10.6. The Hall–Kier alpha value is -1.24. The van der Waals surface area contributed by atoms with E-state index < -0.39 is 15.9 Å². The van der Waals surface area contributed by atoms with Crippen molar-refractivity contribution in [1.82, 2.24) is 19.4 Å². The van der Waals surface area contributed by atoms with E-state index in [0.717, 1.165) is 47.8 Å². The number of rotatable bonds is 7. The quantitative estimate of drug-likeness (QED) is 0.516. The maximum absolute atomic E-state index is 12.1. The van der Waals surface area contributed by atoms with E-state index in [9.17, 15) is 18.0 Å². The van der Waals surface area contributed by atoms with Crippen LogP contribution in [-0.4, -0.2) is 78.3 Å². The summed E-state index contributed by atoms with van der Waals surface area (Å²) in [6, 6.07) is 0. The first-order valence-corrected chi connectivity index (χ1v) is 11.4. The molecule has 12 heteroatoms. The summed E-state index contributed by atoms with van der Waals surface area (Å²) in [5.41, 5.74) is 0. The Morgan fingerprint density at radius 1 is 1.28 bits per heavy atom. The molecule has 0 atom stereocenters. The summed E-state index contributed by atoms with van der Waals surface area (Å²) in [5.74, 6) is -0.121. The molecule has 0 saturated carbocycles. The lowest BCUT2D eigenvalue weighted by atomic mass is 10.1. The summed E-state index contributed by atoms with van der Waals surface area (Å²) in [6.07, 6.45) is 4.30. The van der Waals surface area contributed by atoms with Gasteiger partial charge < -0.3 is 4.90 Å². The Bertz CT molecular complexity index is 715. The molecule has 9 nitrogen and oxygen atoms in total. The number of likely N-dealkylation sites (tertiary alicyclic amines) is 1. The van der Waals surface area contributed by atoms with Crippen LogP contribution in [0.4, 0.5) is 5.13 Å². The number of piperidine rings is 1. The average molecular weight is 408 g/mol. The van der Waals surface area contributed by atoms with Gasteiger partial charge in [0.1, 0.15) is 0 Å². The van der Waals surface area contributed by atoms with E-state index in [1.165, 1.54) is 25.2 Å². The van der Waals surface area contributed by atoms with E-state index in [4.69, 9.17) is 0 Å². The van der Waals surface area contributed by atoms with Crippen molar-refractivity contribution in [3.63, 3.8) is 0 Å². The van der Waals surface area contributed by atoms with Crippen LogP contribution < -0.4 is 5.32 Å². The fourth-order valence-electron chi connectivity index (χ4n) is 2.15. The van der Waals surface area contributed by atoms with Gasteiger partial charge in [-0.05, 0) is 19.3 Å². The van der Waals surface area contributed by atoms with Crippen molar-refractivity contribution in [2.75, 3.05) is 44.0 Å². The van der Waals surface area contributed by atoms with Gasteiger partial charge in [0.25, 0.3) is 0 Å². The van der Waals surface area contributed by atoms with Gasteiger partial charge in [0, 0.05) is 20.1 Å². The molecule has 0 unspecified atom stereocenters. The largest absolute Gasteiger partial charge is 0.342 e. The molecule has 1 aromatic rings. The number of nitrogens with zero attached hydrogens (tertiary/aromatic N) is 4. The van der Waals surface area contributed by atoms with Crippen LogP contribution in [0.3, 0.4) is 0 Å². The molecule has 1 N–H and O–H groups in total. The third-order valence-electron chi connectivity index (χ3n) is 3.61. The van der Waals surface area contributed by atoms with Gasteiger partial charge >= 0.3 is 0 Å². The molecule has 2 amide bonds. The highest BCUT2D eigenvalue weighted by Gasteiger charge is 2.19. The van der Waals surface area contributed by atoms with Crippen molar-refractivity contribution in [2.24, 2.45) is 0 Å². The Morgan fingerprint density at radius 3 is 2.60 bits per heavy atom. The molecule has 25 heavy (non-hydrogen) atoms. The molecule has 1 fully saturated rings. The summed E-state index contributed by atoms with van der Waals surface area (Å²) < 4.78 is 24.1. The number of amides is 2. The van der Waals surface area contributed by atoms with Gasteiger partial charge in [0.05, 0.1) is 18.6 Å². The van der Waals surface area contributed by atoms with Crippen molar-refractivity contribution < 1.29 is 18.0 Å². The number of nitrogens with one attached hydrogen (secondary N) is 1. The normalized spacial score (nSPS) is 15.4. The summed E-state index contributed by atoms with van der Waals surface area (Å²) >= 11 is 2.44. The lowest BCUT2D eigenvalue weighted by Gasteiger charge is -2.26. The minimum absolute atomic E-state index is 0.0836. The first kappa shape index (κ1) is 20.1. The predicted octanol–water partition coefficient (Wildman–Crippen LogP) is 0.473. The minimum Gasteiger partial charge on any atom is -0.342 e. The second-order valence-corrected chi connectivity index (χ2v) is 9.96. The first-order valence-electron chi connectivity index (χ1n) is 7.71. The second kappa shape index (κ2) is 8.92. The third kappa shape index (κ3) is 6.53. The average Bonchev–Trinajstić information content (AvgIpc) is 2.99. The topological polar surface area (TPSA) is 113 Å². The highest BCUT2D eigenvalue weighted by atomic mass is 32.2. The Kier molecular flexibility index (Phi) is 7.16. The molecule has 1 aliphatic heterocycles. The standard InChI is InChI=1S/C13H21N5O4S3/c1-17(25(2,21)22)8-10(19)14-12-15-16-13(24-12)23-9-11(20)18-6-4-3-5-7-18/h3-9H2,1-2H3,(H,14,15,19). The summed E-state index contributed by atoms with van der Waals surface area (Å²) in [6.45, 7) is 1.32. The van der Waals surface area contributed by atoms with Crippen LogP contribution in [0, 0.1) is 0 Å². The summed E-state index contributed by atoms with van der Waals surface area (Å²) in [7, 11) is -2.10. The monoisotopic (exact) mass is 407 g/mol. The summed E-state index contributed by atoms with van der Waals surface area (Å²) in [4.78, 5) is 25.8. The van der Waals surface area contributed by atoms with E-state index in [1.807, 2.05) is 4.90 Å². The van der Waals surface area contributed by atoms with Gasteiger partial charge in [-0.3, -0.25) is 14.9 Å². The molecule has 1 aliphatic rings. The van der Waals surface area contributed by atoms with Crippen LogP contribution in [0.2, 0.25) is 0 Å². The van der Waals surface area contributed by atoms with Gasteiger partial charge in [-0.1, -0.05) is 23.1 Å². The highest BCUT2D eigenvalue weighted by Crippen LogP contribution is 2.26. The van der Waals surface area contributed by atoms with E-state index in [1.54, 1.807) is 0 Å². The zero-order chi connectivity index (χ0) is 18.4. The number of aromatic nitrogens is 2. The molecule has 0 radical (unpaired) electrons. The van der Waals surface area contributed by atoms with Crippen LogP contribution >= 0.6 is 23.1 Å². The molecule has 0 aliphatic carbocycles. The number of sulfonamides is 1. The van der Waals surface area contributed by atoms with Crippen molar-refractivity contribution in [2.45, 2.75) is 23.6 Å². The molecule has 1 aromatic heterocycles. The van der Waals surface area contributed by atoms with Crippen LogP contribution in [0.5, 0.6) is 0 Å². The number of likely N-dealkylation sites (N-methyl/N-ethyl adjacent to an activating group) is 1. The number of hydrogen-bond acceptors (Lipinski definition) is 8. The molecule has 2 heterocycles. The molecular formula is C13H21N5O4S3. The maximum Gasteiger partial charge on any atom is 0.241 e. The molecule has 140 valence electrons. The van der Waals surface area contributed by atoms with Crippen LogP contribution in [0.1, 0.15) is 19.3 Å². The second-order valence-electron chi connectivity index (χ2n) is 5.67. The van der Waals surface area contributed by atoms with E-state index >= 15 is 0 Å². The first-order chi connectivity index (χ1) is 11.8. The Morgan fingerprint density at radius 2 is 1.96 bits per heavy atom. The van der Waals surface area contributed by atoms with E-state index in [-0.39, 0.29) is 17.6 Å². The molecule has 0 spiro atoms. The van der Waals surface area contributed by atoms with Crippen molar-refractivity contribution in [3.8, 4) is 0 Å². The molecule has 0 aromatic carbocycles. The highest BCUT2D eigenvalue weighted by molar-refractivity contribution is 8.01. The van der Waals surface area contributed by atoms with E-state index in [0.29, 0.717) is 10.1 Å². The van der Waals surface area contributed by atoms with Gasteiger partial charge in [0.15, 0.2) is 4.34 Å². The van der Waals surface area contributed by atoms with Crippen LogP contribution in [0.25, 0.3) is 0 Å².